The molecular formula is C12H13BrN4O. The Morgan fingerprint density at radius 2 is 2.28 bits per heavy atom. The Hall–Kier alpha value is -1.27. The second-order valence-corrected chi connectivity index (χ2v) is 5.52. The molecule has 2 aromatic heterocycles. The van der Waals surface area contributed by atoms with Crippen LogP contribution in [0.4, 0.5) is 0 Å². The van der Waals surface area contributed by atoms with Gasteiger partial charge in [0.2, 0.25) is 11.7 Å². The Labute approximate surface area is 113 Å². The molecule has 2 heterocycles. The van der Waals surface area contributed by atoms with E-state index in [0.29, 0.717) is 24.1 Å². The summed E-state index contributed by atoms with van der Waals surface area (Å²) in [6, 6.07) is 2.04. The Balaban J connectivity index is 1.76. The van der Waals surface area contributed by atoms with E-state index in [4.69, 9.17) is 10.3 Å². The van der Waals surface area contributed by atoms with E-state index in [1.54, 1.807) is 12.4 Å². The Bertz CT molecular complexity index is 553. The van der Waals surface area contributed by atoms with Gasteiger partial charge in [-0.15, -0.1) is 0 Å². The van der Waals surface area contributed by atoms with Crippen molar-refractivity contribution >= 4 is 15.9 Å². The van der Waals surface area contributed by atoms with E-state index in [2.05, 4.69) is 31.1 Å². The van der Waals surface area contributed by atoms with E-state index in [1.807, 2.05) is 6.07 Å². The number of rotatable bonds is 4. The highest BCUT2D eigenvalue weighted by atomic mass is 79.9. The fourth-order valence-electron chi connectivity index (χ4n) is 1.88. The van der Waals surface area contributed by atoms with Gasteiger partial charge in [0, 0.05) is 34.9 Å². The third kappa shape index (κ3) is 2.59. The fourth-order valence-corrected chi connectivity index (χ4v) is 2.25. The molecule has 18 heavy (non-hydrogen) atoms. The molecule has 0 saturated heterocycles. The molecule has 3 rings (SSSR count). The summed E-state index contributed by atoms with van der Waals surface area (Å²) in [5.41, 5.74) is 6.87. The van der Waals surface area contributed by atoms with Crippen molar-refractivity contribution in [3.05, 3.63) is 28.8 Å². The minimum absolute atomic E-state index is 0.138. The molecule has 1 atom stereocenters. The number of halogens is 1. The van der Waals surface area contributed by atoms with Gasteiger partial charge in [-0.05, 0) is 40.8 Å². The molecule has 0 aliphatic heterocycles. The van der Waals surface area contributed by atoms with Gasteiger partial charge in [0.15, 0.2) is 0 Å². The zero-order chi connectivity index (χ0) is 12.5. The van der Waals surface area contributed by atoms with Crippen molar-refractivity contribution in [3.8, 4) is 11.4 Å². The van der Waals surface area contributed by atoms with Crippen LogP contribution in [0.2, 0.25) is 0 Å². The molecule has 0 aromatic carbocycles. The Kier molecular flexibility index (Phi) is 3.13. The molecule has 94 valence electrons. The number of aromatic nitrogens is 3. The van der Waals surface area contributed by atoms with E-state index >= 15 is 0 Å². The molecule has 1 aliphatic rings. The topological polar surface area (TPSA) is 77.8 Å². The monoisotopic (exact) mass is 308 g/mol. The highest BCUT2D eigenvalue weighted by molar-refractivity contribution is 9.10. The fraction of sp³-hybridized carbons (Fsp3) is 0.417. The summed E-state index contributed by atoms with van der Waals surface area (Å²) in [6.45, 7) is 0. The van der Waals surface area contributed by atoms with Crippen LogP contribution >= 0.6 is 15.9 Å². The van der Waals surface area contributed by atoms with Gasteiger partial charge in [0.05, 0.1) is 0 Å². The molecular weight excluding hydrogens is 296 g/mol. The van der Waals surface area contributed by atoms with Crippen LogP contribution in [0.1, 0.15) is 18.7 Å². The predicted molar refractivity (Wildman–Crippen MR) is 69.6 cm³/mol. The largest absolute Gasteiger partial charge is 0.339 e. The van der Waals surface area contributed by atoms with Crippen LogP contribution < -0.4 is 5.73 Å². The van der Waals surface area contributed by atoms with Crippen LogP contribution in [-0.2, 0) is 6.42 Å². The SMILES string of the molecule is NC(Cc1nc(-c2cncc(Br)c2)no1)C1CC1. The van der Waals surface area contributed by atoms with Crippen LogP contribution in [-0.4, -0.2) is 21.2 Å². The molecule has 0 amide bonds. The van der Waals surface area contributed by atoms with E-state index in [1.165, 1.54) is 12.8 Å². The van der Waals surface area contributed by atoms with Crippen LogP contribution in [0, 0.1) is 5.92 Å². The van der Waals surface area contributed by atoms with Crippen LogP contribution in [0.25, 0.3) is 11.4 Å². The standard InChI is InChI=1S/C12H13BrN4O/c13-9-3-8(5-15-6-9)12-16-11(18-17-12)4-10(14)7-1-2-7/h3,5-7,10H,1-2,4,14H2. The molecule has 1 aliphatic carbocycles. The van der Waals surface area contributed by atoms with E-state index in [9.17, 15) is 0 Å². The van der Waals surface area contributed by atoms with Gasteiger partial charge in [-0.2, -0.15) is 4.98 Å². The van der Waals surface area contributed by atoms with E-state index in [-0.39, 0.29) is 6.04 Å². The summed E-state index contributed by atoms with van der Waals surface area (Å²) >= 11 is 3.37. The van der Waals surface area contributed by atoms with Crippen molar-refractivity contribution in [3.63, 3.8) is 0 Å². The zero-order valence-corrected chi connectivity index (χ0v) is 11.3. The summed E-state index contributed by atoms with van der Waals surface area (Å²) in [5, 5.41) is 3.96. The second kappa shape index (κ2) is 4.78. The summed E-state index contributed by atoms with van der Waals surface area (Å²) in [5.74, 6) is 1.79. The van der Waals surface area contributed by atoms with Crippen molar-refractivity contribution in [1.29, 1.82) is 0 Å². The van der Waals surface area contributed by atoms with Gasteiger partial charge in [-0.3, -0.25) is 4.98 Å². The number of pyridine rings is 1. The predicted octanol–water partition coefficient (Wildman–Crippen LogP) is 2.17. The number of hydrogen-bond acceptors (Lipinski definition) is 5. The first kappa shape index (κ1) is 11.8. The lowest BCUT2D eigenvalue weighted by Crippen LogP contribution is -2.25. The lowest BCUT2D eigenvalue weighted by Gasteiger charge is -2.04. The summed E-state index contributed by atoms with van der Waals surface area (Å²) < 4.78 is 6.11. The molecule has 0 radical (unpaired) electrons. The highest BCUT2D eigenvalue weighted by Crippen LogP contribution is 2.32. The van der Waals surface area contributed by atoms with Crippen LogP contribution in [0.3, 0.4) is 0 Å². The lowest BCUT2D eigenvalue weighted by molar-refractivity contribution is 0.364. The van der Waals surface area contributed by atoms with Crippen molar-refractivity contribution in [2.24, 2.45) is 11.7 Å². The maximum atomic E-state index is 6.04. The number of hydrogen-bond donors (Lipinski definition) is 1. The van der Waals surface area contributed by atoms with Crippen molar-refractivity contribution < 1.29 is 4.52 Å². The smallest absolute Gasteiger partial charge is 0.228 e. The third-order valence-electron chi connectivity index (χ3n) is 3.07. The molecule has 1 unspecified atom stereocenters. The quantitative estimate of drug-likeness (QED) is 0.936. The first-order valence-electron chi connectivity index (χ1n) is 5.91. The first-order valence-corrected chi connectivity index (χ1v) is 6.71. The molecule has 5 nitrogen and oxygen atoms in total. The third-order valence-corrected chi connectivity index (χ3v) is 3.50. The second-order valence-electron chi connectivity index (χ2n) is 4.61. The lowest BCUT2D eigenvalue weighted by atomic mass is 10.1. The normalized spacial score (nSPS) is 16.8. The van der Waals surface area contributed by atoms with Gasteiger partial charge in [0.25, 0.3) is 0 Å². The Morgan fingerprint density at radius 3 is 3.00 bits per heavy atom. The molecule has 2 aromatic rings. The molecule has 6 heteroatoms. The van der Waals surface area contributed by atoms with Gasteiger partial charge in [0.1, 0.15) is 0 Å². The van der Waals surface area contributed by atoms with Crippen molar-refractivity contribution in [1.82, 2.24) is 15.1 Å². The van der Waals surface area contributed by atoms with Gasteiger partial charge in [-0.1, -0.05) is 5.16 Å². The number of nitrogens with zero attached hydrogens (tertiary/aromatic N) is 3. The molecule has 2 N–H and O–H groups in total. The first-order chi connectivity index (χ1) is 8.72. The average Bonchev–Trinajstić information content (AvgIpc) is 3.10. The van der Waals surface area contributed by atoms with Crippen LogP contribution in [0.15, 0.2) is 27.5 Å². The Morgan fingerprint density at radius 1 is 1.44 bits per heavy atom. The summed E-state index contributed by atoms with van der Waals surface area (Å²) in [7, 11) is 0. The maximum absolute atomic E-state index is 6.04. The molecule has 0 spiro atoms. The molecule has 0 bridgehead atoms. The molecule has 1 saturated carbocycles. The summed E-state index contributed by atoms with van der Waals surface area (Å²) in [4.78, 5) is 8.43. The minimum Gasteiger partial charge on any atom is -0.339 e. The zero-order valence-electron chi connectivity index (χ0n) is 9.71. The van der Waals surface area contributed by atoms with Gasteiger partial charge >= 0.3 is 0 Å². The van der Waals surface area contributed by atoms with E-state index in [0.717, 1.165) is 10.0 Å². The molecule has 1 fully saturated rings. The minimum atomic E-state index is 0.138. The average molecular weight is 309 g/mol. The highest BCUT2D eigenvalue weighted by Gasteiger charge is 2.29. The van der Waals surface area contributed by atoms with E-state index < -0.39 is 0 Å². The van der Waals surface area contributed by atoms with Gasteiger partial charge in [-0.25, -0.2) is 0 Å². The van der Waals surface area contributed by atoms with Gasteiger partial charge < -0.3 is 10.3 Å². The van der Waals surface area contributed by atoms with Crippen LogP contribution in [0.5, 0.6) is 0 Å². The van der Waals surface area contributed by atoms with Crippen molar-refractivity contribution in [2.45, 2.75) is 25.3 Å². The maximum Gasteiger partial charge on any atom is 0.228 e. The van der Waals surface area contributed by atoms with Crippen molar-refractivity contribution in [2.75, 3.05) is 0 Å². The number of nitrogens with two attached hydrogens (primary N) is 1. The summed E-state index contributed by atoms with van der Waals surface area (Å²) in [6.07, 6.45) is 6.52.